The van der Waals surface area contributed by atoms with E-state index in [4.69, 9.17) is 0 Å². The molecular weight excluding hydrogens is 312 g/mol. The number of halogens is 3. The molecule has 1 nitrogen and oxygen atoms in total. The Labute approximate surface area is 119 Å². The fraction of sp³-hybridized carbons (Fsp3) is 0.200. The summed E-state index contributed by atoms with van der Waals surface area (Å²) in [6.07, 6.45) is 0.399. The Morgan fingerprint density at radius 2 is 1.95 bits per heavy atom. The van der Waals surface area contributed by atoms with Gasteiger partial charge in [-0.05, 0) is 54.9 Å². The second-order valence-corrected chi connectivity index (χ2v) is 5.25. The summed E-state index contributed by atoms with van der Waals surface area (Å²) in [5.41, 5.74) is 1.40. The van der Waals surface area contributed by atoms with Crippen molar-refractivity contribution in [3.8, 4) is 0 Å². The molecule has 0 saturated heterocycles. The van der Waals surface area contributed by atoms with Crippen LogP contribution in [-0.2, 0) is 6.42 Å². The third-order valence-electron chi connectivity index (χ3n) is 3.03. The number of rotatable bonds is 4. The summed E-state index contributed by atoms with van der Waals surface area (Å²) in [6, 6.07) is 11.3. The zero-order valence-electron chi connectivity index (χ0n) is 10.5. The van der Waals surface area contributed by atoms with E-state index in [1.807, 2.05) is 31.3 Å². The molecule has 0 bridgehead atoms. The summed E-state index contributed by atoms with van der Waals surface area (Å²) in [6.45, 7) is 0. The van der Waals surface area contributed by atoms with Crippen LogP contribution in [0.1, 0.15) is 17.2 Å². The maximum absolute atomic E-state index is 13.7. The minimum Gasteiger partial charge on any atom is -0.313 e. The summed E-state index contributed by atoms with van der Waals surface area (Å²) in [5, 5.41) is 3.13. The average molecular weight is 326 g/mol. The van der Waals surface area contributed by atoms with Gasteiger partial charge in [0.25, 0.3) is 0 Å². The number of hydrogen-bond acceptors (Lipinski definition) is 1. The Morgan fingerprint density at radius 1 is 1.16 bits per heavy atom. The summed E-state index contributed by atoms with van der Waals surface area (Å²) in [7, 11) is 1.81. The predicted octanol–water partition coefficient (Wildman–Crippen LogP) is 4.23. The number of hydrogen-bond donors (Lipinski definition) is 1. The maximum Gasteiger partial charge on any atom is 0.126 e. The van der Waals surface area contributed by atoms with Crippen molar-refractivity contribution in [3.63, 3.8) is 0 Å². The largest absolute Gasteiger partial charge is 0.313 e. The van der Waals surface area contributed by atoms with Gasteiger partial charge in [0.15, 0.2) is 0 Å². The van der Waals surface area contributed by atoms with Crippen molar-refractivity contribution in [2.75, 3.05) is 7.05 Å². The van der Waals surface area contributed by atoms with Gasteiger partial charge in [-0.2, -0.15) is 0 Å². The molecule has 1 atom stereocenters. The highest BCUT2D eigenvalue weighted by Gasteiger charge is 2.13. The van der Waals surface area contributed by atoms with Gasteiger partial charge in [0.05, 0.1) is 0 Å². The van der Waals surface area contributed by atoms with Gasteiger partial charge in [0.2, 0.25) is 0 Å². The van der Waals surface area contributed by atoms with E-state index < -0.39 is 5.82 Å². The van der Waals surface area contributed by atoms with Crippen LogP contribution in [0.2, 0.25) is 0 Å². The topological polar surface area (TPSA) is 12.0 Å². The van der Waals surface area contributed by atoms with Crippen molar-refractivity contribution in [2.24, 2.45) is 0 Å². The summed E-state index contributed by atoms with van der Waals surface area (Å²) in [5.74, 6) is -0.794. The maximum atomic E-state index is 13.7. The minimum absolute atomic E-state index is 0.0613. The summed E-state index contributed by atoms with van der Waals surface area (Å²) in [4.78, 5) is 0. The molecule has 0 aliphatic rings. The Morgan fingerprint density at radius 3 is 2.63 bits per heavy atom. The van der Waals surface area contributed by atoms with Crippen LogP contribution in [0, 0.1) is 11.6 Å². The fourth-order valence-corrected chi connectivity index (χ4v) is 2.45. The lowest BCUT2D eigenvalue weighted by Crippen LogP contribution is -2.19. The molecular formula is C15H14BrF2N. The number of benzene rings is 2. The van der Waals surface area contributed by atoms with Crippen molar-refractivity contribution in [1.82, 2.24) is 5.32 Å². The van der Waals surface area contributed by atoms with Crippen LogP contribution in [0.15, 0.2) is 46.9 Å². The van der Waals surface area contributed by atoms with Crippen LogP contribution in [0.5, 0.6) is 0 Å². The van der Waals surface area contributed by atoms with Crippen LogP contribution in [0.3, 0.4) is 0 Å². The van der Waals surface area contributed by atoms with E-state index in [1.165, 1.54) is 6.07 Å². The molecule has 0 amide bonds. The quantitative estimate of drug-likeness (QED) is 0.887. The fourth-order valence-electron chi connectivity index (χ4n) is 2.03. The average Bonchev–Trinajstić information content (AvgIpc) is 2.39. The van der Waals surface area contributed by atoms with Gasteiger partial charge >= 0.3 is 0 Å². The summed E-state index contributed by atoms with van der Waals surface area (Å²) >= 11 is 3.41. The molecule has 0 fully saturated rings. The molecule has 100 valence electrons. The van der Waals surface area contributed by atoms with E-state index in [0.29, 0.717) is 12.0 Å². The van der Waals surface area contributed by atoms with Crippen molar-refractivity contribution in [2.45, 2.75) is 12.5 Å². The van der Waals surface area contributed by atoms with Crippen LogP contribution in [0.25, 0.3) is 0 Å². The second-order valence-electron chi connectivity index (χ2n) is 4.34. The molecule has 0 radical (unpaired) electrons. The molecule has 0 aliphatic heterocycles. The first-order valence-corrected chi connectivity index (χ1v) is 6.76. The Balaban J connectivity index is 2.26. The normalized spacial score (nSPS) is 12.4. The number of likely N-dealkylation sites (N-methyl/N-ethyl adjacent to an activating group) is 1. The molecule has 0 aromatic heterocycles. The molecule has 2 aromatic rings. The van der Waals surface area contributed by atoms with Gasteiger partial charge in [-0.3, -0.25) is 0 Å². The zero-order chi connectivity index (χ0) is 13.8. The van der Waals surface area contributed by atoms with E-state index in [0.717, 1.165) is 22.2 Å². The second kappa shape index (κ2) is 6.26. The first-order chi connectivity index (χ1) is 9.10. The SMILES string of the molecule is CNC(Cc1cc(F)ccc1F)c1cccc(Br)c1. The van der Waals surface area contributed by atoms with E-state index in [2.05, 4.69) is 21.2 Å². The van der Waals surface area contributed by atoms with Gasteiger partial charge < -0.3 is 5.32 Å². The summed E-state index contributed by atoms with van der Waals surface area (Å²) < 4.78 is 27.8. The lowest BCUT2D eigenvalue weighted by Gasteiger charge is -2.17. The van der Waals surface area contributed by atoms with Gasteiger partial charge in [0.1, 0.15) is 11.6 Å². The molecule has 1 unspecified atom stereocenters. The van der Waals surface area contributed by atoms with E-state index in [-0.39, 0.29) is 11.9 Å². The highest BCUT2D eigenvalue weighted by molar-refractivity contribution is 9.10. The highest BCUT2D eigenvalue weighted by atomic mass is 79.9. The van der Waals surface area contributed by atoms with E-state index in [9.17, 15) is 8.78 Å². The van der Waals surface area contributed by atoms with Gasteiger partial charge in [-0.25, -0.2) is 8.78 Å². The van der Waals surface area contributed by atoms with Crippen molar-refractivity contribution in [1.29, 1.82) is 0 Å². The van der Waals surface area contributed by atoms with Crippen molar-refractivity contribution in [3.05, 3.63) is 69.7 Å². The van der Waals surface area contributed by atoms with Crippen molar-refractivity contribution >= 4 is 15.9 Å². The monoisotopic (exact) mass is 325 g/mol. The van der Waals surface area contributed by atoms with Crippen LogP contribution in [-0.4, -0.2) is 7.05 Å². The molecule has 2 rings (SSSR count). The molecule has 4 heteroatoms. The highest BCUT2D eigenvalue weighted by Crippen LogP contribution is 2.23. The first kappa shape index (κ1) is 14.2. The lowest BCUT2D eigenvalue weighted by molar-refractivity contribution is 0.544. The molecule has 1 N–H and O–H groups in total. The molecule has 2 aromatic carbocycles. The third kappa shape index (κ3) is 3.61. The smallest absolute Gasteiger partial charge is 0.126 e. The Hall–Kier alpha value is -1.26. The van der Waals surface area contributed by atoms with Crippen LogP contribution >= 0.6 is 15.9 Å². The lowest BCUT2D eigenvalue weighted by atomic mass is 9.98. The minimum atomic E-state index is -0.416. The Kier molecular flexibility index (Phi) is 4.66. The van der Waals surface area contributed by atoms with E-state index >= 15 is 0 Å². The van der Waals surface area contributed by atoms with Crippen LogP contribution in [0.4, 0.5) is 8.78 Å². The molecule has 0 spiro atoms. The van der Waals surface area contributed by atoms with Crippen molar-refractivity contribution < 1.29 is 8.78 Å². The van der Waals surface area contributed by atoms with Gasteiger partial charge in [-0.15, -0.1) is 0 Å². The van der Waals surface area contributed by atoms with E-state index in [1.54, 1.807) is 0 Å². The molecule has 19 heavy (non-hydrogen) atoms. The third-order valence-corrected chi connectivity index (χ3v) is 3.52. The molecule has 0 saturated carbocycles. The molecule has 0 heterocycles. The van der Waals surface area contributed by atoms with Gasteiger partial charge in [-0.1, -0.05) is 28.1 Å². The molecule has 0 aliphatic carbocycles. The first-order valence-electron chi connectivity index (χ1n) is 5.97. The standard InChI is InChI=1S/C15H14BrF2N/c1-19-15(10-3-2-4-12(16)7-10)9-11-8-13(17)5-6-14(11)18/h2-8,15,19H,9H2,1H3. The number of nitrogens with one attached hydrogen (secondary N) is 1. The predicted molar refractivity (Wildman–Crippen MR) is 76.0 cm³/mol. The van der Waals surface area contributed by atoms with Gasteiger partial charge in [0, 0.05) is 10.5 Å². The van der Waals surface area contributed by atoms with Crippen LogP contribution < -0.4 is 5.32 Å². The zero-order valence-corrected chi connectivity index (χ0v) is 12.0. The Bertz CT molecular complexity index is 572.